The quantitative estimate of drug-likeness (QED) is 0.283. The normalized spacial score (nSPS) is 31.1. The highest BCUT2D eigenvalue weighted by Gasteiger charge is 2.40. The Morgan fingerprint density at radius 2 is 1.70 bits per heavy atom. The summed E-state index contributed by atoms with van der Waals surface area (Å²) in [6.45, 7) is 4.41. The molecule has 5 rings (SSSR count). The summed E-state index contributed by atoms with van der Waals surface area (Å²) in [4.78, 5) is 6.84. The van der Waals surface area contributed by atoms with E-state index >= 15 is 0 Å². The van der Waals surface area contributed by atoms with Crippen molar-refractivity contribution in [2.24, 2.45) is 11.7 Å². The molecular weight excluding hydrogens is 474 g/mol. The molecule has 1 atom stereocenters. The van der Waals surface area contributed by atoms with E-state index in [2.05, 4.69) is 20.4 Å². The van der Waals surface area contributed by atoms with Gasteiger partial charge in [-0.25, -0.2) is 8.78 Å². The molecule has 4 fully saturated rings. The van der Waals surface area contributed by atoms with Crippen LogP contribution in [0.2, 0.25) is 0 Å². The Labute approximate surface area is 218 Å². The lowest BCUT2D eigenvalue weighted by Crippen LogP contribution is -2.53. The second kappa shape index (κ2) is 11.2. The number of piperidine rings is 1. The highest BCUT2D eigenvalue weighted by Crippen LogP contribution is 2.33. The van der Waals surface area contributed by atoms with Crippen molar-refractivity contribution in [3.63, 3.8) is 0 Å². The molecule has 6 N–H and O–H groups in total. The standard InChI is InChI=1S/C27H40F2N8/c28-19-5-9-22(29)23(10-6-19)33-27-34-24(17-30)26(32)37(27)21-7-3-18(4-8-21)25(31)36-15-11-20(12-16-36)35-13-1-2-14-35/h6,9-10,17-18,20-21,27,31-34H,1-5,7-8,11-16,30H2/b24-17+,31-25?,32-26?. The van der Waals surface area contributed by atoms with Crippen LogP contribution in [0.4, 0.5) is 8.78 Å². The Morgan fingerprint density at radius 3 is 2.38 bits per heavy atom. The highest BCUT2D eigenvalue weighted by molar-refractivity contribution is 5.97. The third kappa shape index (κ3) is 5.54. The van der Waals surface area contributed by atoms with Gasteiger partial charge in [-0.05, 0) is 82.7 Å². The molecule has 0 amide bonds. The summed E-state index contributed by atoms with van der Waals surface area (Å²) in [7, 11) is 0. The van der Waals surface area contributed by atoms with Crippen LogP contribution in [0, 0.1) is 16.7 Å². The van der Waals surface area contributed by atoms with Crippen molar-refractivity contribution in [1.82, 2.24) is 25.3 Å². The number of hydrogen-bond acceptors (Lipinski definition) is 6. The third-order valence-corrected chi connectivity index (χ3v) is 8.65. The van der Waals surface area contributed by atoms with Crippen molar-refractivity contribution in [2.45, 2.75) is 76.2 Å². The maximum atomic E-state index is 14.6. The Hall–Kier alpha value is -2.88. The van der Waals surface area contributed by atoms with E-state index < -0.39 is 17.9 Å². The van der Waals surface area contributed by atoms with E-state index in [0.717, 1.165) is 57.5 Å². The summed E-state index contributed by atoms with van der Waals surface area (Å²) >= 11 is 0. The van der Waals surface area contributed by atoms with Crippen LogP contribution in [0.15, 0.2) is 47.5 Å². The summed E-state index contributed by atoms with van der Waals surface area (Å²) in [5.74, 6) is 0.350. The van der Waals surface area contributed by atoms with Gasteiger partial charge in [0.25, 0.3) is 0 Å². The first-order valence-electron chi connectivity index (χ1n) is 13.8. The lowest BCUT2D eigenvalue weighted by molar-refractivity contribution is 0.148. The van der Waals surface area contributed by atoms with Crippen LogP contribution in [0.3, 0.4) is 0 Å². The van der Waals surface area contributed by atoms with E-state index in [1.165, 1.54) is 50.4 Å². The molecular formula is C27H40F2N8. The minimum absolute atomic E-state index is 0.0607. The Kier molecular flexibility index (Phi) is 7.83. The van der Waals surface area contributed by atoms with Crippen LogP contribution in [0.1, 0.15) is 57.8 Å². The van der Waals surface area contributed by atoms with Crippen LogP contribution in [-0.2, 0) is 0 Å². The molecule has 3 saturated heterocycles. The second-order valence-corrected chi connectivity index (χ2v) is 10.8. The lowest BCUT2D eigenvalue weighted by atomic mass is 9.83. The van der Waals surface area contributed by atoms with Crippen LogP contribution in [0.25, 0.3) is 0 Å². The van der Waals surface area contributed by atoms with Gasteiger partial charge in [-0.15, -0.1) is 0 Å². The van der Waals surface area contributed by atoms with Gasteiger partial charge in [0, 0.05) is 43.7 Å². The Balaban J connectivity index is 1.18. The molecule has 0 aromatic rings. The van der Waals surface area contributed by atoms with Crippen molar-refractivity contribution in [3.8, 4) is 0 Å². The molecule has 1 saturated carbocycles. The molecule has 5 aliphatic rings. The minimum Gasteiger partial charge on any atom is -0.403 e. The lowest BCUT2D eigenvalue weighted by Gasteiger charge is -2.42. The number of nitrogens with zero attached hydrogens (tertiary/aromatic N) is 3. The first-order chi connectivity index (χ1) is 17.9. The topological polar surface area (TPSA) is 108 Å². The van der Waals surface area contributed by atoms with Gasteiger partial charge in [-0.3, -0.25) is 10.8 Å². The first-order valence-corrected chi connectivity index (χ1v) is 13.8. The Bertz CT molecular complexity index is 996. The number of likely N-dealkylation sites (tertiary alicyclic amines) is 2. The molecule has 37 heavy (non-hydrogen) atoms. The summed E-state index contributed by atoms with van der Waals surface area (Å²) in [6, 6.07) is 0.742. The fraction of sp³-hybridized carbons (Fsp3) is 0.630. The molecule has 10 heteroatoms. The number of nitrogens with two attached hydrogens (primary N) is 1. The molecule has 2 aliphatic carbocycles. The predicted octanol–water partition coefficient (Wildman–Crippen LogP) is 3.63. The summed E-state index contributed by atoms with van der Waals surface area (Å²) in [5.41, 5.74) is 6.42. The van der Waals surface area contributed by atoms with Crippen LogP contribution in [-0.4, -0.2) is 70.9 Å². The zero-order valence-electron chi connectivity index (χ0n) is 21.5. The van der Waals surface area contributed by atoms with Gasteiger partial charge >= 0.3 is 0 Å². The number of nitrogens with one attached hydrogen (secondary N) is 4. The van der Waals surface area contributed by atoms with Crippen molar-refractivity contribution in [1.29, 1.82) is 10.8 Å². The maximum Gasteiger partial charge on any atom is 0.177 e. The smallest absolute Gasteiger partial charge is 0.177 e. The molecule has 0 radical (unpaired) electrons. The number of rotatable bonds is 5. The van der Waals surface area contributed by atoms with E-state index in [1.54, 1.807) is 0 Å². The number of allylic oxidation sites excluding steroid dienone is 5. The second-order valence-electron chi connectivity index (χ2n) is 10.8. The summed E-state index contributed by atoms with van der Waals surface area (Å²) in [6.07, 6.45) is 13.0. The molecule has 0 spiro atoms. The average molecular weight is 515 g/mol. The van der Waals surface area contributed by atoms with E-state index in [4.69, 9.17) is 16.6 Å². The largest absolute Gasteiger partial charge is 0.403 e. The van der Waals surface area contributed by atoms with Crippen LogP contribution < -0.4 is 16.4 Å². The molecule has 0 bridgehead atoms. The fourth-order valence-corrected chi connectivity index (χ4v) is 6.53. The van der Waals surface area contributed by atoms with E-state index in [1.807, 2.05) is 4.90 Å². The van der Waals surface area contributed by atoms with Crippen LogP contribution in [0.5, 0.6) is 0 Å². The van der Waals surface area contributed by atoms with E-state index in [0.29, 0.717) is 11.7 Å². The zero-order chi connectivity index (χ0) is 25.9. The molecule has 0 aromatic carbocycles. The van der Waals surface area contributed by atoms with Gasteiger partial charge in [0.1, 0.15) is 17.5 Å². The van der Waals surface area contributed by atoms with Crippen molar-refractivity contribution < 1.29 is 8.78 Å². The monoisotopic (exact) mass is 514 g/mol. The molecule has 0 aromatic heterocycles. The zero-order valence-corrected chi connectivity index (χ0v) is 21.5. The molecule has 3 aliphatic heterocycles. The van der Waals surface area contributed by atoms with Gasteiger partial charge in [-0.1, -0.05) is 0 Å². The van der Waals surface area contributed by atoms with Crippen molar-refractivity contribution >= 4 is 11.7 Å². The van der Waals surface area contributed by atoms with Gasteiger partial charge in [0.05, 0.1) is 17.2 Å². The predicted molar refractivity (Wildman–Crippen MR) is 142 cm³/mol. The maximum absolute atomic E-state index is 14.6. The van der Waals surface area contributed by atoms with E-state index in [9.17, 15) is 8.78 Å². The first kappa shape index (κ1) is 25.8. The molecule has 1 unspecified atom stereocenters. The van der Waals surface area contributed by atoms with Crippen molar-refractivity contribution in [2.75, 3.05) is 26.2 Å². The molecule has 202 valence electrons. The fourth-order valence-electron chi connectivity index (χ4n) is 6.53. The number of halogens is 2. The van der Waals surface area contributed by atoms with Gasteiger partial charge in [-0.2, -0.15) is 0 Å². The van der Waals surface area contributed by atoms with E-state index in [-0.39, 0.29) is 29.9 Å². The number of hydrogen-bond donors (Lipinski definition) is 5. The van der Waals surface area contributed by atoms with Crippen molar-refractivity contribution in [3.05, 3.63) is 47.5 Å². The molecule has 8 nitrogen and oxygen atoms in total. The van der Waals surface area contributed by atoms with Crippen LogP contribution >= 0.6 is 0 Å². The summed E-state index contributed by atoms with van der Waals surface area (Å²) in [5, 5.41) is 23.9. The van der Waals surface area contributed by atoms with Gasteiger partial charge in [0.15, 0.2) is 6.29 Å². The average Bonchev–Trinajstić information content (AvgIpc) is 3.53. The minimum atomic E-state index is -0.562. The third-order valence-electron chi connectivity index (χ3n) is 8.65. The summed E-state index contributed by atoms with van der Waals surface area (Å²) < 4.78 is 28.2. The van der Waals surface area contributed by atoms with Gasteiger partial charge < -0.3 is 31.1 Å². The highest BCUT2D eigenvalue weighted by atomic mass is 19.1. The number of amidine groups is 2. The SMILES string of the molecule is N=C(C1CCC(N2C(=N)/C(=C\N)NC2NC2=CC=C(F)CC=C2F)CC1)N1CCC(N2CCCC2)CC1. The van der Waals surface area contributed by atoms with Gasteiger partial charge in [0.2, 0.25) is 0 Å². The Morgan fingerprint density at radius 1 is 1.00 bits per heavy atom. The molecule has 3 heterocycles.